The second-order valence-electron chi connectivity index (χ2n) is 5.36. The third-order valence-electron chi connectivity index (χ3n) is 3.24. The van der Waals surface area contributed by atoms with Crippen molar-refractivity contribution >= 4 is 22.4 Å². The standard InChI is InChI=1S/C15H21N5OS/c1-10-5-4-6-11(9-10)13(20(2)3)14(21)17-8-7-12-18-19-15(16)22-12/h4-6,9,13H,7-8H2,1-3H3,(H2,16,19)(H,17,21). The summed E-state index contributed by atoms with van der Waals surface area (Å²) < 4.78 is 0. The minimum atomic E-state index is -0.306. The monoisotopic (exact) mass is 319 g/mol. The zero-order valence-electron chi connectivity index (χ0n) is 13.0. The Morgan fingerprint density at radius 2 is 2.18 bits per heavy atom. The summed E-state index contributed by atoms with van der Waals surface area (Å²) in [6.45, 7) is 2.54. The average Bonchev–Trinajstić information content (AvgIpc) is 2.84. The molecule has 2 aromatic rings. The van der Waals surface area contributed by atoms with Gasteiger partial charge in [0, 0.05) is 13.0 Å². The van der Waals surface area contributed by atoms with E-state index >= 15 is 0 Å². The fourth-order valence-corrected chi connectivity index (χ4v) is 2.89. The number of carbonyl (C=O) groups is 1. The molecule has 2 rings (SSSR count). The minimum absolute atomic E-state index is 0.0203. The van der Waals surface area contributed by atoms with Crippen LogP contribution in [0.25, 0.3) is 0 Å². The lowest BCUT2D eigenvalue weighted by Gasteiger charge is -2.24. The van der Waals surface area contributed by atoms with E-state index in [4.69, 9.17) is 5.73 Å². The van der Waals surface area contributed by atoms with Crippen LogP contribution in [0, 0.1) is 6.92 Å². The first kappa shape index (κ1) is 16.4. The van der Waals surface area contributed by atoms with E-state index < -0.39 is 0 Å². The molecule has 0 aliphatic heterocycles. The lowest BCUT2D eigenvalue weighted by Crippen LogP contribution is -2.37. The Balaban J connectivity index is 1.98. The van der Waals surface area contributed by atoms with Gasteiger partial charge in [0.15, 0.2) is 0 Å². The summed E-state index contributed by atoms with van der Waals surface area (Å²) in [6, 6.07) is 7.70. The number of carbonyl (C=O) groups excluding carboxylic acids is 1. The molecular formula is C15H21N5OS. The van der Waals surface area contributed by atoms with Gasteiger partial charge in [0.2, 0.25) is 11.0 Å². The van der Waals surface area contributed by atoms with Gasteiger partial charge in [-0.05, 0) is 26.6 Å². The highest BCUT2D eigenvalue weighted by molar-refractivity contribution is 7.15. The highest BCUT2D eigenvalue weighted by atomic mass is 32.1. The second-order valence-corrected chi connectivity index (χ2v) is 6.45. The maximum atomic E-state index is 12.5. The normalized spacial score (nSPS) is 12.4. The van der Waals surface area contributed by atoms with Gasteiger partial charge in [-0.3, -0.25) is 9.69 Å². The number of nitrogens with zero attached hydrogens (tertiary/aromatic N) is 3. The Kier molecular flexibility index (Phi) is 5.46. The molecular weight excluding hydrogens is 298 g/mol. The number of nitrogen functional groups attached to an aromatic ring is 1. The highest BCUT2D eigenvalue weighted by Crippen LogP contribution is 2.19. The summed E-state index contributed by atoms with van der Waals surface area (Å²) >= 11 is 1.35. The zero-order valence-corrected chi connectivity index (χ0v) is 13.9. The van der Waals surface area contributed by atoms with Crippen molar-refractivity contribution in [2.24, 2.45) is 0 Å². The summed E-state index contributed by atoms with van der Waals surface area (Å²) in [7, 11) is 3.80. The molecule has 1 unspecified atom stereocenters. The van der Waals surface area contributed by atoms with Gasteiger partial charge >= 0.3 is 0 Å². The summed E-state index contributed by atoms with van der Waals surface area (Å²) in [5, 5.41) is 11.9. The molecule has 0 saturated carbocycles. The first-order chi connectivity index (χ1) is 10.5. The van der Waals surface area contributed by atoms with E-state index in [1.807, 2.05) is 50.2 Å². The van der Waals surface area contributed by atoms with Crippen molar-refractivity contribution in [3.8, 4) is 0 Å². The van der Waals surface area contributed by atoms with E-state index in [1.165, 1.54) is 11.3 Å². The van der Waals surface area contributed by atoms with Crippen molar-refractivity contribution in [1.82, 2.24) is 20.4 Å². The molecule has 118 valence electrons. The van der Waals surface area contributed by atoms with Gasteiger partial charge in [-0.15, -0.1) is 10.2 Å². The van der Waals surface area contributed by atoms with Crippen LogP contribution in [0.3, 0.4) is 0 Å². The number of amides is 1. The number of aromatic nitrogens is 2. The van der Waals surface area contributed by atoms with Gasteiger partial charge < -0.3 is 11.1 Å². The number of hydrogen-bond donors (Lipinski definition) is 2. The third kappa shape index (κ3) is 4.25. The number of nitrogens with one attached hydrogen (secondary N) is 1. The summed E-state index contributed by atoms with van der Waals surface area (Å²) in [5.41, 5.74) is 7.67. The van der Waals surface area contributed by atoms with Crippen LogP contribution in [0.1, 0.15) is 22.2 Å². The third-order valence-corrected chi connectivity index (χ3v) is 4.06. The molecule has 0 aliphatic rings. The molecule has 1 heterocycles. The predicted octanol–water partition coefficient (Wildman–Crippen LogP) is 1.39. The Hall–Kier alpha value is -1.99. The van der Waals surface area contributed by atoms with E-state index in [0.29, 0.717) is 18.1 Å². The number of nitrogens with two attached hydrogens (primary N) is 1. The largest absolute Gasteiger partial charge is 0.374 e. The minimum Gasteiger partial charge on any atom is -0.374 e. The Morgan fingerprint density at radius 1 is 1.41 bits per heavy atom. The number of benzene rings is 1. The van der Waals surface area contributed by atoms with Crippen LogP contribution in [-0.4, -0.2) is 41.6 Å². The lowest BCUT2D eigenvalue weighted by atomic mass is 10.0. The number of rotatable bonds is 6. The van der Waals surface area contributed by atoms with Crippen molar-refractivity contribution in [3.63, 3.8) is 0 Å². The molecule has 0 spiro atoms. The molecule has 1 aromatic carbocycles. The molecule has 0 fully saturated rings. The molecule has 0 radical (unpaired) electrons. The van der Waals surface area contributed by atoms with Gasteiger partial charge in [-0.2, -0.15) is 0 Å². The van der Waals surface area contributed by atoms with Crippen molar-refractivity contribution in [2.75, 3.05) is 26.4 Å². The zero-order chi connectivity index (χ0) is 16.1. The maximum Gasteiger partial charge on any atom is 0.241 e. The van der Waals surface area contributed by atoms with Crippen molar-refractivity contribution in [1.29, 1.82) is 0 Å². The van der Waals surface area contributed by atoms with Crippen LogP contribution in [0.4, 0.5) is 5.13 Å². The summed E-state index contributed by atoms with van der Waals surface area (Å²) in [5.74, 6) is -0.0203. The first-order valence-electron chi connectivity index (χ1n) is 7.06. The Labute approximate surface area is 134 Å². The van der Waals surface area contributed by atoms with Gasteiger partial charge in [0.1, 0.15) is 11.0 Å². The molecule has 0 saturated heterocycles. The predicted molar refractivity (Wildman–Crippen MR) is 88.6 cm³/mol. The van der Waals surface area contributed by atoms with E-state index in [-0.39, 0.29) is 11.9 Å². The summed E-state index contributed by atoms with van der Waals surface area (Å²) in [4.78, 5) is 14.4. The molecule has 1 amide bonds. The number of likely N-dealkylation sites (N-methyl/N-ethyl adjacent to an activating group) is 1. The molecule has 6 nitrogen and oxygen atoms in total. The van der Waals surface area contributed by atoms with E-state index in [0.717, 1.165) is 16.1 Å². The van der Waals surface area contributed by atoms with Crippen LogP contribution < -0.4 is 11.1 Å². The fraction of sp³-hybridized carbons (Fsp3) is 0.400. The van der Waals surface area contributed by atoms with Gasteiger partial charge in [-0.25, -0.2) is 0 Å². The Morgan fingerprint density at radius 3 is 2.77 bits per heavy atom. The molecule has 1 aromatic heterocycles. The van der Waals surface area contributed by atoms with Crippen LogP contribution in [-0.2, 0) is 11.2 Å². The molecule has 1 atom stereocenters. The molecule has 0 aliphatic carbocycles. The van der Waals surface area contributed by atoms with Gasteiger partial charge in [-0.1, -0.05) is 41.2 Å². The topological polar surface area (TPSA) is 84.1 Å². The van der Waals surface area contributed by atoms with Crippen molar-refractivity contribution < 1.29 is 4.79 Å². The molecule has 0 bridgehead atoms. The van der Waals surface area contributed by atoms with Crippen LogP contribution in [0.2, 0.25) is 0 Å². The SMILES string of the molecule is Cc1cccc(C(C(=O)NCCc2nnc(N)s2)N(C)C)c1. The number of anilines is 1. The average molecular weight is 319 g/mol. The Bertz CT molecular complexity index is 640. The van der Waals surface area contributed by atoms with E-state index in [9.17, 15) is 4.79 Å². The van der Waals surface area contributed by atoms with E-state index in [1.54, 1.807) is 0 Å². The highest BCUT2D eigenvalue weighted by Gasteiger charge is 2.22. The smallest absolute Gasteiger partial charge is 0.241 e. The van der Waals surface area contributed by atoms with Gasteiger partial charge in [0.25, 0.3) is 0 Å². The van der Waals surface area contributed by atoms with Gasteiger partial charge in [0.05, 0.1) is 0 Å². The molecule has 7 heteroatoms. The van der Waals surface area contributed by atoms with Crippen LogP contribution in [0.5, 0.6) is 0 Å². The quantitative estimate of drug-likeness (QED) is 0.840. The van der Waals surface area contributed by atoms with Crippen LogP contribution in [0.15, 0.2) is 24.3 Å². The number of hydrogen-bond acceptors (Lipinski definition) is 6. The second kappa shape index (κ2) is 7.33. The first-order valence-corrected chi connectivity index (χ1v) is 7.87. The maximum absolute atomic E-state index is 12.5. The van der Waals surface area contributed by atoms with Crippen molar-refractivity contribution in [2.45, 2.75) is 19.4 Å². The van der Waals surface area contributed by atoms with E-state index in [2.05, 4.69) is 15.5 Å². The number of aryl methyl sites for hydroxylation is 1. The van der Waals surface area contributed by atoms with Crippen LogP contribution >= 0.6 is 11.3 Å². The fourth-order valence-electron chi connectivity index (χ4n) is 2.28. The lowest BCUT2D eigenvalue weighted by molar-refractivity contribution is -0.125. The molecule has 3 N–H and O–H groups in total. The molecule has 22 heavy (non-hydrogen) atoms. The summed E-state index contributed by atoms with van der Waals surface area (Å²) in [6.07, 6.45) is 0.634. The van der Waals surface area contributed by atoms with Crippen molar-refractivity contribution in [3.05, 3.63) is 40.4 Å².